The van der Waals surface area contributed by atoms with Gasteiger partial charge in [0.2, 0.25) is 10.0 Å². The van der Waals surface area contributed by atoms with Crippen molar-refractivity contribution in [1.82, 2.24) is 4.72 Å². The molecule has 1 amide bonds. The van der Waals surface area contributed by atoms with Gasteiger partial charge >= 0.3 is 6.09 Å². The molecule has 0 saturated carbocycles. The second kappa shape index (κ2) is 7.99. The normalized spacial score (nSPS) is 12.7. The summed E-state index contributed by atoms with van der Waals surface area (Å²) in [5, 5.41) is 2.51. The number of amides is 1. The van der Waals surface area contributed by atoms with Gasteiger partial charge in [-0.1, -0.05) is 13.3 Å². The lowest BCUT2D eigenvalue weighted by molar-refractivity contribution is 0.168. The molecule has 0 radical (unpaired) electrons. The first kappa shape index (κ1) is 17.5. The number of rotatable bonds is 7. The Morgan fingerprint density at radius 3 is 2.38 bits per heavy atom. The highest BCUT2D eigenvalue weighted by molar-refractivity contribution is 7.89. The molecule has 0 heterocycles. The lowest BCUT2D eigenvalue weighted by Gasteiger charge is -2.13. The molecular formula is C14H22N2O4S. The zero-order valence-corrected chi connectivity index (χ0v) is 13.4. The van der Waals surface area contributed by atoms with Crippen molar-refractivity contribution in [2.45, 2.75) is 44.6 Å². The van der Waals surface area contributed by atoms with E-state index in [1.165, 1.54) is 24.3 Å². The van der Waals surface area contributed by atoms with Gasteiger partial charge in [-0.25, -0.2) is 17.9 Å². The van der Waals surface area contributed by atoms with Crippen molar-refractivity contribution in [3.05, 3.63) is 24.3 Å². The predicted molar refractivity (Wildman–Crippen MR) is 81.8 cm³/mol. The van der Waals surface area contributed by atoms with Crippen molar-refractivity contribution < 1.29 is 17.9 Å². The van der Waals surface area contributed by atoms with E-state index in [1.54, 1.807) is 6.92 Å². The summed E-state index contributed by atoms with van der Waals surface area (Å²) in [7, 11) is -3.53. The number of benzene rings is 1. The summed E-state index contributed by atoms with van der Waals surface area (Å²) in [6, 6.07) is 5.83. The monoisotopic (exact) mass is 314 g/mol. The van der Waals surface area contributed by atoms with E-state index in [-0.39, 0.29) is 17.5 Å². The van der Waals surface area contributed by atoms with Gasteiger partial charge in [0, 0.05) is 11.7 Å². The molecule has 0 bridgehead atoms. The molecule has 1 aromatic rings. The SMILES string of the molecule is CCC[C@H](C)NS(=O)(=O)c1ccc(NC(=O)OCC)cc1. The number of anilines is 1. The van der Waals surface area contributed by atoms with Crippen molar-refractivity contribution in [1.29, 1.82) is 0 Å². The summed E-state index contributed by atoms with van der Waals surface area (Å²) >= 11 is 0. The minimum atomic E-state index is -3.53. The third kappa shape index (κ3) is 5.73. The van der Waals surface area contributed by atoms with Gasteiger partial charge < -0.3 is 4.74 Å². The van der Waals surface area contributed by atoms with E-state index < -0.39 is 16.1 Å². The number of nitrogens with one attached hydrogen (secondary N) is 2. The van der Waals surface area contributed by atoms with Crippen molar-refractivity contribution >= 4 is 21.8 Å². The Morgan fingerprint density at radius 2 is 1.86 bits per heavy atom. The first-order valence-corrected chi connectivity index (χ1v) is 8.43. The zero-order valence-electron chi connectivity index (χ0n) is 12.5. The maximum Gasteiger partial charge on any atom is 0.411 e. The molecule has 0 aliphatic heterocycles. The predicted octanol–water partition coefficient (Wildman–Crippen LogP) is 2.72. The maximum atomic E-state index is 12.1. The molecule has 0 aliphatic rings. The van der Waals surface area contributed by atoms with Gasteiger partial charge in [-0.2, -0.15) is 0 Å². The molecule has 7 heteroatoms. The standard InChI is InChI=1S/C14H22N2O4S/c1-4-6-11(3)16-21(18,19)13-9-7-12(8-10-13)15-14(17)20-5-2/h7-11,16H,4-6H2,1-3H3,(H,15,17)/t11-/m0/s1. The lowest BCUT2D eigenvalue weighted by Crippen LogP contribution is -2.32. The summed E-state index contributed by atoms with van der Waals surface area (Å²) in [6.45, 7) is 5.81. The summed E-state index contributed by atoms with van der Waals surface area (Å²) in [6.07, 6.45) is 1.12. The molecule has 0 saturated heterocycles. The largest absolute Gasteiger partial charge is 0.450 e. The van der Waals surface area contributed by atoms with Gasteiger partial charge in [-0.3, -0.25) is 5.32 Å². The van der Waals surface area contributed by atoms with E-state index in [9.17, 15) is 13.2 Å². The van der Waals surface area contributed by atoms with Crippen molar-refractivity contribution in [3.63, 3.8) is 0 Å². The highest BCUT2D eigenvalue weighted by Crippen LogP contribution is 2.15. The summed E-state index contributed by atoms with van der Waals surface area (Å²) in [5.41, 5.74) is 0.481. The Balaban J connectivity index is 2.74. The van der Waals surface area contributed by atoms with Crippen LogP contribution in [0, 0.1) is 0 Å². The Kier molecular flexibility index (Phi) is 6.64. The van der Waals surface area contributed by atoms with E-state index in [4.69, 9.17) is 4.74 Å². The van der Waals surface area contributed by atoms with Gasteiger partial charge in [0.15, 0.2) is 0 Å². The molecule has 2 N–H and O–H groups in total. The van der Waals surface area contributed by atoms with Gasteiger partial charge in [-0.15, -0.1) is 0 Å². The van der Waals surface area contributed by atoms with Crippen LogP contribution in [-0.4, -0.2) is 27.2 Å². The van der Waals surface area contributed by atoms with Crippen LogP contribution in [0.5, 0.6) is 0 Å². The molecule has 1 aromatic carbocycles. The van der Waals surface area contributed by atoms with Crippen molar-refractivity contribution in [2.24, 2.45) is 0 Å². The smallest absolute Gasteiger partial charge is 0.411 e. The maximum absolute atomic E-state index is 12.1. The van der Waals surface area contributed by atoms with Gasteiger partial charge in [-0.05, 0) is 44.5 Å². The topological polar surface area (TPSA) is 84.5 Å². The number of ether oxygens (including phenoxy) is 1. The number of carbonyl (C=O) groups excluding carboxylic acids is 1. The van der Waals surface area contributed by atoms with E-state index in [1.807, 2.05) is 13.8 Å². The quantitative estimate of drug-likeness (QED) is 0.810. The van der Waals surface area contributed by atoms with Crippen LogP contribution < -0.4 is 10.0 Å². The molecule has 6 nitrogen and oxygen atoms in total. The van der Waals surface area contributed by atoms with Crippen LogP contribution in [-0.2, 0) is 14.8 Å². The average molecular weight is 314 g/mol. The third-order valence-electron chi connectivity index (χ3n) is 2.76. The minimum absolute atomic E-state index is 0.114. The molecule has 1 atom stereocenters. The number of carbonyl (C=O) groups is 1. The fourth-order valence-corrected chi connectivity index (χ4v) is 3.11. The van der Waals surface area contributed by atoms with Crippen LogP contribution in [0.15, 0.2) is 29.2 Å². The Labute approximate surface area is 125 Å². The number of hydrogen-bond acceptors (Lipinski definition) is 4. The highest BCUT2D eigenvalue weighted by Gasteiger charge is 2.16. The fourth-order valence-electron chi connectivity index (χ4n) is 1.83. The van der Waals surface area contributed by atoms with Crippen LogP contribution in [0.1, 0.15) is 33.6 Å². The molecule has 118 valence electrons. The Bertz CT molecular complexity index is 555. The van der Waals surface area contributed by atoms with Crippen LogP contribution >= 0.6 is 0 Å². The second-order valence-corrected chi connectivity index (χ2v) is 6.39. The van der Waals surface area contributed by atoms with Gasteiger partial charge in [0.1, 0.15) is 0 Å². The summed E-state index contributed by atoms with van der Waals surface area (Å²) < 4.78 is 31.6. The molecule has 0 aromatic heterocycles. The summed E-state index contributed by atoms with van der Waals surface area (Å²) in [5.74, 6) is 0. The van der Waals surface area contributed by atoms with Crippen molar-refractivity contribution in [3.8, 4) is 0 Å². The second-order valence-electron chi connectivity index (χ2n) is 4.68. The molecule has 0 spiro atoms. The minimum Gasteiger partial charge on any atom is -0.450 e. The van der Waals surface area contributed by atoms with Gasteiger partial charge in [0.25, 0.3) is 0 Å². The fraction of sp³-hybridized carbons (Fsp3) is 0.500. The van der Waals surface area contributed by atoms with Crippen LogP contribution in [0.2, 0.25) is 0 Å². The number of sulfonamides is 1. The first-order valence-electron chi connectivity index (χ1n) is 6.95. The average Bonchev–Trinajstić information content (AvgIpc) is 2.39. The number of hydrogen-bond donors (Lipinski definition) is 2. The lowest BCUT2D eigenvalue weighted by atomic mass is 10.2. The van der Waals surface area contributed by atoms with Crippen LogP contribution in [0.4, 0.5) is 10.5 Å². The van der Waals surface area contributed by atoms with Crippen LogP contribution in [0.25, 0.3) is 0 Å². The molecule has 1 rings (SSSR count). The van der Waals surface area contributed by atoms with E-state index in [2.05, 4.69) is 10.0 Å². The first-order chi connectivity index (χ1) is 9.89. The molecule has 0 aliphatic carbocycles. The van der Waals surface area contributed by atoms with Crippen LogP contribution in [0.3, 0.4) is 0 Å². The highest BCUT2D eigenvalue weighted by atomic mass is 32.2. The molecule has 0 unspecified atom stereocenters. The van der Waals surface area contributed by atoms with E-state index in [0.29, 0.717) is 5.69 Å². The van der Waals surface area contributed by atoms with Crippen molar-refractivity contribution in [2.75, 3.05) is 11.9 Å². The molecular weight excluding hydrogens is 292 g/mol. The third-order valence-corrected chi connectivity index (χ3v) is 4.37. The molecule has 0 fully saturated rings. The Hall–Kier alpha value is -1.60. The Morgan fingerprint density at radius 1 is 1.24 bits per heavy atom. The van der Waals surface area contributed by atoms with E-state index >= 15 is 0 Å². The molecule has 21 heavy (non-hydrogen) atoms. The van der Waals surface area contributed by atoms with E-state index in [0.717, 1.165) is 12.8 Å². The van der Waals surface area contributed by atoms with Gasteiger partial charge in [0.05, 0.1) is 11.5 Å². The zero-order chi connectivity index (χ0) is 15.9. The summed E-state index contributed by atoms with van der Waals surface area (Å²) in [4.78, 5) is 11.4.